The predicted molar refractivity (Wildman–Crippen MR) is 193 cm³/mol. The first-order chi connectivity index (χ1) is 22.7. The van der Waals surface area contributed by atoms with Gasteiger partial charge in [0.1, 0.15) is 11.5 Å². The fourth-order valence-electron chi connectivity index (χ4n) is 7.83. The number of aromatic nitrogens is 2. The van der Waals surface area contributed by atoms with Crippen molar-refractivity contribution in [1.82, 2.24) is 9.97 Å². The number of benzene rings is 8. The number of fused-ring (bicyclic) bond motifs is 17. The van der Waals surface area contributed by atoms with E-state index in [9.17, 15) is 0 Å². The van der Waals surface area contributed by atoms with Gasteiger partial charge in [0.15, 0.2) is 0 Å². The lowest BCUT2D eigenvalue weighted by atomic mass is 9.87. The summed E-state index contributed by atoms with van der Waals surface area (Å²) in [6.45, 7) is 0. The summed E-state index contributed by atoms with van der Waals surface area (Å²) >= 11 is 0. The average molecular weight is 591 g/mol. The lowest BCUT2D eigenvalue weighted by Crippen LogP contribution is -1.94. The van der Waals surface area contributed by atoms with Crippen molar-refractivity contribution in [2.45, 2.75) is 0 Å². The Kier molecular flexibility index (Phi) is 5.10. The van der Waals surface area contributed by atoms with Crippen molar-refractivity contribution < 1.29 is 9.47 Å². The van der Waals surface area contributed by atoms with Crippen LogP contribution < -0.4 is 9.47 Å². The van der Waals surface area contributed by atoms with Crippen molar-refractivity contribution in [3.63, 3.8) is 0 Å². The molecule has 0 amide bonds. The van der Waals surface area contributed by atoms with E-state index >= 15 is 0 Å². The maximum Gasteiger partial charge on any atom is 0.127 e. The maximum absolute atomic E-state index is 6.20. The maximum atomic E-state index is 6.20. The van der Waals surface area contributed by atoms with E-state index in [-0.39, 0.29) is 0 Å². The molecule has 0 aliphatic heterocycles. The van der Waals surface area contributed by atoms with E-state index in [0.29, 0.717) is 0 Å². The fraction of sp³-hybridized carbons (Fsp3) is 0.0476. The molecule has 46 heavy (non-hydrogen) atoms. The van der Waals surface area contributed by atoms with E-state index in [0.717, 1.165) is 81.8 Å². The SMILES string of the molecule is COc1cc2c(cc(OC)c3ccc4ccc5ccc6ccc7cccnc7c6c5c4c32)c2c1ccc1ccc3cccnc3c12. The summed E-state index contributed by atoms with van der Waals surface area (Å²) in [6, 6.07) is 39.1. The van der Waals surface area contributed by atoms with Crippen LogP contribution in [-0.4, -0.2) is 24.2 Å². The third kappa shape index (κ3) is 3.28. The summed E-state index contributed by atoms with van der Waals surface area (Å²) in [7, 11) is 3.53. The van der Waals surface area contributed by atoms with E-state index < -0.39 is 0 Å². The van der Waals surface area contributed by atoms with Crippen molar-refractivity contribution >= 4 is 97.2 Å². The minimum absolute atomic E-state index is 0.831. The molecule has 4 nitrogen and oxygen atoms in total. The Morgan fingerprint density at radius 2 is 0.739 bits per heavy atom. The molecule has 8 aromatic carbocycles. The quantitative estimate of drug-likeness (QED) is 0.188. The molecule has 0 radical (unpaired) electrons. The van der Waals surface area contributed by atoms with Gasteiger partial charge in [0, 0.05) is 60.9 Å². The van der Waals surface area contributed by atoms with Gasteiger partial charge in [-0.2, -0.15) is 0 Å². The second kappa shape index (κ2) is 9.26. The molecule has 0 bridgehead atoms. The first-order valence-electron chi connectivity index (χ1n) is 15.5. The molecular weight excluding hydrogens is 564 g/mol. The lowest BCUT2D eigenvalue weighted by molar-refractivity contribution is 0.419. The Bertz CT molecular complexity index is 2940. The van der Waals surface area contributed by atoms with Gasteiger partial charge in [-0.3, -0.25) is 9.97 Å². The van der Waals surface area contributed by atoms with Crippen molar-refractivity contribution in [3.05, 3.63) is 122 Å². The molecule has 2 aromatic heterocycles. The van der Waals surface area contributed by atoms with Crippen LogP contribution in [0.4, 0.5) is 0 Å². The Hall–Kier alpha value is -6.00. The monoisotopic (exact) mass is 590 g/mol. The number of methoxy groups -OCH3 is 2. The van der Waals surface area contributed by atoms with Gasteiger partial charge in [0.05, 0.1) is 25.3 Å². The third-order valence-corrected chi connectivity index (χ3v) is 9.82. The summed E-state index contributed by atoms with van der Waals surface area (Å²) in [5.41, 5.74) is 1.99. The largest absolute Gasteiger partial charge is 0.496 e. The van der Waals surface area contributed by atoms with Crippen LogP contribution in [-0.2, 0) is 0 Å². The first-order valence-corrected chi connectivity index (χ1v) is 15.5. The van der Waals surface area contributed by atoms with Crippen LogP contribution in [0.15, 0.2) is 122 Å². The molecule has 4 heteroatoms. The van der Waals surface area contributed by atoms with Crippen molar-refractivity contribution in [2.75, 3.05) is 14.2 Å². The van der Waals surface area contributed by atoms with Gasteiger partial charge in [-0.25, -0.2) is 0 Å². The zero-order chi connectivity index (χ0) is 30.5. The molecule has 10 aromatic rings. The first kappa shape index (κ1) is 25.3. The molecule has 0 unspecified atom stereocenters. The number of ether oxygens (including phenoxy) is 2. The van der Waals surface area contributed by atoms with E-state index in [2.05, 4.69) is 97.1 Å². The van der Waals surface area contributed by atoms with Gasteiger partial charge in [-0.1, -0.05) is 72.8 Å². The number of hydrogen-bond acceptors (Lipinski definition) is 4. The standard InChI is InChI=1S/C42H26N2O2/c1-45-33-22-32-31(21-34(46-2)30-18-16-26-12-14-28-6-4-20-44-42(28)38(26)40(30)32)39-29(33)17-15-24-8-7-23-9-10-25-11-13-27-5-3-19-43-41(27)37(25)35(23)36(24)39/h3-22H,1-2H3. The van der Waals surface area contributed by atoms with Crippen LogP contribution >= 0.6 is 0 Å². The molecule has 216 valence electrons. The molecule has 0 N–H and O–H groups in total. The highest BCUT2D eigenvalue weighted by Crippen LogP contribution is 2.48. The molecule has 10 rings (SSSR count). The Balaban J connectivity index is 1.55. The third-order valence-electron chi connectivity index (χ3n) is 9.82. The fourth-order valence-corrected chi connectivity index (χ4v) is 7.83. The van der Waals surface area contributed by atoms with Crippen LogP contribution in [0.5, 0.6) is 11.5 Å². The Labute approximate surface area is 263 Å². The highest BCUT2D eigenvalue weighted by Gasteiger charge is 2.20. The van der Waals surface area contributed by atoms with Crippen molar-refractivity contribution in [2.24, 2.45) is 0 Å². The Morgan fingerprint density at radius 3 is 1.22 bits per heavy atom. The van der Waals surface area contributed by atoms with Crippen LogP contribution in [0, 0.1) is 0 Å². The van der Waals surface area contributed by atoms with E-state index in [1.165, 1.54) is 26.9 Å². The summed E-state index contributed by atoms with van der Waals surface area (Å²) in [6.07, 6.45) is 3.77. The zero-order valence-electron chi connectivity index (χ0n) is 25.3. The second-order valence-corrected chi connectivity index (χ2v) is 12.0. The average Bonchev–Trinajstić information content (AvgIpc) is 3.12. The van der Waals surface area contributed by atoms with Gasteiger partial charge >= 0.3 is 0 Å². The number of nitrogens with zero attached hydrogens (tertiary/aromatic N) is 2. The minimum atomic E-state index is 0.831. The highest BCUT2D eigenvalue weighted by atomic mass is 16.5. The van der Waals surface area contributed by atoms with Crippen molar-refractivity contribution in [3.8, 4) is 11.5 Å². The molecule has 0 fully saturated rings. The molecule has 0 aliphatic rings. The van der Waals surface area contributed by atoms with E-state index in [4.69, 9.17) is 19.4 Å². The molecule has 0 atom stereocenters. The van der Waals surface area contributed by atoms with Crippen LogP contribution in [0.3, 0.4) is 0 Å². The summed E-state index contributed by atoms with van der Waals surface area (Å²) in [5, 5.41) is 18.1. The summed E-state index contributed by atoms with van der Waals surface area (Å²) in [4.78, 5) is 9.82. The minimum Gasteiger partial charge on any atom is -0.496 e. The van der Waals surface area contributed by atoms with E-state index in [1.807, 2.05) is 24.5 Å². The lowest BCUT2D eigenvalue weighted by Gasteiger charge is -2.19. The van der Waals surface area contributed by atoms with Gasteiger partial charge in [-0.05, 0) is 74.1 Å². The van der Waals surface area contributed by atoms with Crippen LogP contribution in [0.2, 0.25) is 0 Å². The van der Waals surface area contributed by atoms with E-state index in [1.54, 1.807) is 14.2 Å². The summed E-state index contributed by atoms with van der Waals surface area (Å²) in [5.74, 6) is 1.67. The van der Waals surface area contributed by atoms with Gasteiger partial charge < -0.3 is 9.47 Å². The smallest absolute Gasteiger partial charge is 0.127 e. The zero-order valence-corrected chi connectivity index (χ0v) is 25.3. The molecule has 0 aliphatic carbocycles. The Morgan fingerprint density at radius 1 is 0.370 bits per heavy atom. The number of pyridine rings is 2. The molecular formula is C42H26N2O2. The molecule has 0 saturated heterocycles. The molecule has 0 saturated carbocycles. The van der Waals surface area contributed by atoms with Gasteiger partial charge in [0.25, 0.3) is 0 Å². The number of rotatable bonds is 2. The predicted octanol–water partition coefficient (Wildman–Crippen LogP) is 10.9. The second-order valence-electron chi connectivity index (χ2n) is 12.0. The van der Waals surface area contributed by atoms with Gasteiger partial charge in [0.2, 0.25) is 0 Å². The van der Waals surface area contributed by atoms with Crippen molar-refractivity contribution in [1.29, 1.82) is 0 Å². The van der Waals surface area contributed by atoms with Crippen LogP contribution in [0.25, 0.3) is 97.2 Å². The molecule has 2 heterocycles. The normalized spacial score (nSPS) is 12.1. The summed E-state index contributed by atoms with van der Waals surface area (Å²) < 4.78 is 12.4. The number of hydrogen-bond donors (Lipinski definition) is 0. The van der Waals surface area contributed by atoms with Gasteiger partial charge in [-0.15, -0.1) is 0 Å². The van der Waals surface area contributed by atoms with Crippen LogP contribution in [0.1, 0.15) is 0 Å². The topological polar surface area (TPSA) is 44.2 Å². The highest BCUT2D eigenvalue weighted by molar-refractivity contribution is 6.38. The molecule has 0 spiro atoms.